The van der Waals surface area contributed by atoms with Crippen molar-refractivity contribution in [3.05, 3.63) is 29.6 Å². The Balaban J connectivity index is 2.44. The van der Waals surface area contributed by atoms with Gasteiger partial charge in [-0.1, -0.05) is 12.5 Å². The van der Waals surface area contributed by atoms with Crippen LogP contribution >= 0.6 is 0 Å². The van der Waals surface area contributed by atoms with Gasteiger partial charge >= 0.3 is 6.18 Å². The highest BCUT2D eigenvalue weighted by atomic mass is 19.4. The van der Waals surface area contributed by atoms with Gasteiger partial charge < -0.3 is 5.73 Å². The normalized spacial score (nSPS) is 18.8. The molecule has 0 radical (unpaired) electrons. The second-order valence-corrected chi connectivity index (χ2v) is 4.57. The van der Waals surface area contributed by atoms with E-state index in [1.165, 1.54) is 6.20 Å². The molecule has 2 nitrogen and oxygen atoms in total. The fraction of sp³-hybridized carbons (Fsp3) is 0.583. The Morgan fingerprint density at radius 1 is 1.35 bits per heavy atom. The Labute approximate surface area is 98.0 Å². The number of hydrogen-bond acceptors (Lipinski definition) is 2. The van der Waals surface area contributed by atoms with Crippen LogP contribution in [0.2, 0.25) is 0 Å². The zero-order valence-corrected chi connectivity index (χ0v) is 9.43. The predicted molar refractivity (Wildman–Crippen MR) is 58.4 cm³/mol. The molecule has 0 bridgehead atoms. The highest BCUT2D eigenvalue weighted by Crippen LogP contribution is 2.49. The van der Waals surface area contributed by atoms with Gasteiger partial charge in [-0.25, -0.2) is 0 Å². The second-order valence-electron chi connectivity index (χ2n) is 4.57. The van der Waals surface area contributed by atoms with Crippen LogP contribution < -0.4 is 5.73 Å². The Morgan fingerprint density at radius 2 is 2.06 bits per heavy atom. The zero-order valence-electron chi connectivity index (χ0n) is 9.43. The van der Waals surface area contributed by atoms with Crippen molar-refractivity contribution in [1.82, 2.24) is 4.98 Å². The minimum absolute atomic E-state index is 0.323. The van der Waals surface area contributed by atoms with Crippen LogP contribution in [0.1, 0.15) is 36.9 Å². The lowest BCUT2D eigenvalue weighted by Gasteiger charge is -2.43. The summed E-state index contributed by atoms with van der Waals surface area (Å²) in [6.45, 7) is 0.409. The van der Waals surface area contributed by atoms with E-state index < -0.39 is 17.3 Å². The van der Waals surface area contributed by atoms with Crippen LogP contribution in [0.3, 0.4) is 0 Å². The molecule has 1 aliphatic rings. The Morgan fingerprint density at radius 3 is 2.53 bits per heavy atom. The average molecular weight is 244 g/mol. The van der Waals surface area contributed by atoms with Crippen molar-refractivity contribution in [2.45, 2.75) is 37.3 Å². The van der Waals surface area contributed by atoms with Crippen molar-refractivity contribution in [3.63, 3.8) is 0 Å². The van der Waals surface area contributed by atoms with Gasteiger partial charge in [0.2, 0.25) is 0 Å². The molecule has 1 saturated carbocycles. The molecule has 2 N–H and O–H groups in total. The minimum atomic E-state index is -4.38. The summed E-state index contributed by atoms with van der Waals surface area (Å²) in [4.78, 5) is 3.51. The van der Waals surface area contributed by atoms with Crippen LogP contribution in [-0.2, 0) is 11.6 Å². The number of rotatable bonds is 3. The third-order valence-corrected chi connectivity index (χ3v) is 3.58. The molecule has 17 heavy (non-hydrogen) atoms. The maximum Gasteiger partial charge on any atom is 0.433 e. The number of pyridine rings is 1. The summed E-state index contributed by atoms with van der Waals surface area (Å²) in [5.74, 6) is 0. The first-order valence-corrected chi connectivity index (χ1v) is 5.72. The number of nitrogens with zero attached hydrogens (tertiary/aromatic N) is 1. The summed E-state index contributed by atoms with van der Waals surface area (Å²) >= 11 is 0. The van der Waals surface area contributed by atoms with Crippen LogP contribution in [0, 0.1) is 0 Å². The maximum absolute atomic E-state index is 12.9. The van der Waals surface area contributed by atoms with Gasteiger partial charge in [0.1, 0.15) is 5.69 Å². The molecular weight excluding hydrogens is 229 g/mol. The molecule has 1 aromatic heterocycles. The number of nitrogens with two attached hydrogens (primary N) is 1. The number of halogens is 3. The standard InChI is InChI=1S/C12H15F3N2/c13-12(14,15)10-9(3-1-8-17-10)11(6-7-16)4-2-5-11/h1,3,8H,2,4-7,16H2. The summed E-state index contributed by atoms with van der Waals surface area (Å²) in [5.41, 5.74) is 4.70. The minimum Gasteiger partial charge on any atom is -0.330 e. The average Bonchev–Trinajstić information content (AvgIpc) is 2.22. The zero-order chi connectivity index (χ0) is 12.5. The topological polar surface area (TPSA) is 38.9 Å². The predicted octanol–water partition coefficient (Wildman–Crippen LogP) is 2.87. The highest BCUT2D eigenvalue weighted by Gasteiger charge is 2.45. The third kappa shape index (κ3) is 2.16. The van der Waals surface area contributed by atoms with Crippen LogP contribution in [0.5, 0.6) is 0 Å². The lowest BCUT2D eigenvalue weighted by Crippen LogP contribution is -2.38. The van der Waals surface area contributed by atoms with Gasteiger partial charge in [-0.15, -0.1) is 0 Å². The summed E-state index contributed by atoms with van der Waals surface area (Å²) in [6.07, 6.45) is -0.0686. The van der Waals surface area contributed by atoms with Crippen LogP contribution in [0.25, 0.3) is 0 Å². The molecule has 1 fully saturated rings. The molecule has 0 atom stereocenters. The molecule has 2 rings (SSSR count). The van der Waals surface area contributed by atoms with Gasteiger partial charge in [-0.05, 0) is 42.9 Å². The first kappa shape index (κ1) is 12.4. The molecule has 0 aliphatic heterocycles. The molecule has 0 spiro atoms. The van der Waals surface area contributed by atoms with E-state index in [0.717, 1.165) is 19.3 Å². The quantitative estimate of drug-likeness (QED) is 0.888. The van der Waals surface area contributed by atoms with Crippen LogP contribution in [0.15, 0.2) is 18.3 Å². The molecule has 0 saturated heterocycles. The van der Waals surface area contributed by atoms with Crippen LogP contribution in [-0.4, -0.2) is 11.5 Å². The maximum atomic E-state index is 12.9. The van der Waals surface area contributed by atoms with Gasteiger partial charge in [0.05, 0.1) is 0 Å². The first-order chi connectivity index (χ1) is 7.99. The SMILES string of the molecule is NCCC1(c2cccnc2C(F)(F)F)CCC1. The smallest absolute Gasteiger partial charge is 0.330 e. The van der Waals surface area contributed by atoms with Gasteiger partial charge in [-0.2, -0.15) is 13.2 Å². The van der Waals surface area contributed by atoms with Crippen molar-refractivity contribution < 1.29 is 13.2 Å². The molecule has 1 heterocycles. The van der Waals surface area contributed by atoms with Gasteiger partial charge in [0.15, 0.2) is 0 Å². The van der Waals surface area contributed by atoms with Crippen LogP contribution in [0.4, 0.5) is 13.2 Å². The van der Waals surface area contributed by atoms with E-state index in [1.54, 1.807) is 12.1 Å². The summed E-state index contributed by atoms with van der Waals surface area (Å²) < 4.78 is 38.7. The van der Waals surface area contributed by atoms with E-state index in [9.17, 15) is 13.2 Å². The first-order valence-electron chi connectivity index (χ1n) is 5.72. The molecule has 0 amide bonds. The van der Waals surface area contributed by atoms with Gasteiger partial charge in [-0.3, -0.25) is 4.98 Å². The van der Waals surface area contributed by atoms with Crippen molar-refractivity contribution in [3.8, 4) is 0 Å². The van der Waals surface area contributed by atoms with Crippen molar-refractivity contribution in [2.75, 3.05) is 6.54 Å². The Kier molecular flexibility index (Phi) is 3.12. The van der Waals surface area contributed by atoms with Crippen molar-refractivity contribution in [1.29, 1.82) is 0 Å². The fourth-order valence-corrected chi connectivity index (χ4v) is 2.59. The Hall–Kier alpha value is -1.10. The summed E-state index contributed by atoms with van der Waals surface area (Å²) in [5, 5.41) is 0. The van der Waals surface area contributed by atoms with Gasteiger partial charge in [0.25, 0.3) is 0 Å². The van der Waals surface area contributed by atoms with E-state index in [2.05, 4.69) is 4.98 Å². The summed E-state index contributed by atoms with van der Waals surface area (Å²) in [7, 11) is 0. The highest BCUT2D eigenvalue weighted by molar-refractivity contribution is 5.33. The van der Waals surface area contributed by atoms with Crippen molar-refractivity contribution >= 4 is 0 Å². The molecule has 5 heteroatoms. The largest absolute Gasteiger partial charge is 0.433 e. The molecule has 1 aromatic rings. The van der Waals surface area contributed by atoms with E-state index in [0.29, 0.717) is 18.5 Å². The van der Waals surface area contributed by atoms with Gasteiger partial charge in [0, 0.05) is 6.20 Å². The fourth-order valence-electron chi connectivity index (χ4n) is 2.59. The monoisotopic (exact) mass is 244 g/mol. The van der Waals surface area contributed by atoms with E-state index >= 15 is 0 Å². The van der Waals surface area contributed by atoms with E-state index in [1.807, 2.05) is 0 Å². The molecule has 1 aliphatic carbocycles. The Bertz CT molecular complexity index is 397. The lowest BCUT2D eigenvalue weighted by molar-refractivity contribution is -0.142. The molecule has 0 unspecified atom stereocenters. The van der Waals surface area contributed by atoms with E-state index in [-0.39, 0.29) is 0 Å². The number of aromatic nitrogens is 1. The molecule has 0 aromatic carbocycles. The second kappa shape index (κ2) is 4.29. The molecule has 94 valence electrons. The molecular formula is C12H15F3N2. The summed E-state index contributed by atoms with van der Waals surface area (Å²) in [6, 6.07) is 3.12. The number of alkyl halides is 3. The van der Waals surface area contributed by atoms with Crippen molar-refractivity contribution in [2.24, 2.45) is 5.73 Å². The lowest BCUT2D eigenvalue weighted by atomic mass is 9.62. The third-order valence-electron chi connectivity index (χ3n) is 3.58. The van der Waals surface area contributed by atoms with E-state index in [4.69, 9.17) is 5.73 Å². The number of hydrogen-bond donors (Lipinski definition) is 1.